The van der Waals surface area contributed by atoms with Crippen molar-refractivity contribution < 1.29 is 4.42 Å². The molecule has 0 saturated heterocycles. The zero-order valence-corrected chi connectivity index (χ0v) is 8.90. The number of aryl methyl sites for hydroxylation is 2. The van der Waals surface area contributed by atoms with Crippen molar-refractivity contribution in [3.8, 4) is 0 Å². The molecule has 1 atom stereocenters. The molecule has 0 radical (unpaired) electrons. The fourth-order valence-electron chi connectivity index (χ4n) is 1.45. The van der Waals surface area contributed by atoms with Gasteiger partial charge in [-0.15, -0.1) is 0 Å². The van der Waals surface area contributed by atoms with Crippen LogP contribution in [-0.4, -0.2) is 4.98 Å². The van der Waals surface area contributed by atoms with Crippen molar-refractivity contribution in [2.24, 2.45) is 5.73 Å². The summed E-state index contributed by atoms with van der Waals surface area (Å²) in [6.45, 7) is 3.86. The molecule has 0 aliphatic rings. The first-order valence-corrected chi connectivity index (χ1v) is 4.91. The summed E-state index contributed by atoms with van der Waals surface area (Å²) < 4.78 is 5.48. The third-order valence-electron chi connectivity index (χ3n) is 2.36. The molecule has 0 aliphatic carbocycles. The van der Waals surface area contributed by atoms with E-state index in [2.05, 4.69) is 4.98 Å². The predicted molar refractivity (Wildman–Crippen MR) is 58.4 cm³/mol. The summed E-state index contributed by atoms with van der Waals surface area (Å²) in [7, 11) is 0. The summed E-state index contributed by atoms with van der Waals surface area (Å²) in [5, 5.41) is 0. The highest BCUT2D eigenvalue weighted by Crippen LogP contribution is 2.20. The Kier molecular flexibility index (Phi) is 2.56. The Morgan fingerprint density at radius 1 is 1.20 bits per heavy atom. The number of rotatable bonds is 2. The molecule has 3 nitrogen and oxygen atoms in total. The Bertz CT molecular complexity index is 445. The fourth-order valence-corrected chi connectivity index (χ4v) is 1.45. The van der Waals surface area contributed by atoms with Crippen LogP contribution in [0.15, 0.2) is 34.9 Å². The number of nitrogens with zero attached hydrogens (tertiary/aromatic N) is 1. The van der Waals surface area contributed by atoms with Crippen LogP contribution in [-0.2, 0) is 0 Å². The molecule has 0 spiro atoms. The highest BCUT2D eigenvalue weighted by molar-refractivity contribution is 5.25. The Morgan fingerprint density at radius 3 is 2.53 bits per heavy atom. The van der Waals surface area contributed by atoms with Gasteiger partial charge in [-0.2, -0.15) is 0 Å². The first-order chi connectivity index (χ1) is 7.16. The molecule has 2 aromatic rings. The largest absolute Gasteiger partial charge is 0.464 e. The van der Waals surface area contributed by atoms with E-state index in [1.54, 1.807) is 6.20 Å². The monoisotopic (exact) mass is 202 g/mol. The third kappa shape index (κ3) is 2.07. The molecule has 15 heavy (non-hydrogen) atoms. The van der Waals surface area contributed by atoms with Crippen molar-refractivity contribution >= 4 is 0 Å². The van der Waals surface area contributed by atoms with Crippen molar-refractivity contribution in [3.05, 3.63) is 53.2 Å². The van der Waals surface area contributed by atoms with Crippen LogP contribution in [0.2, 0.25) is 0 Å². The zero-order chi connectivity index (χ0) is 10.8. The lowest BCUT2D eigenvalue weighted by Crippen LogP contribution is -2.11. The number of furan rings is 1. The molecule has 2 heterocycles. The highest BCUT2D eigenvalue weighted by atomic mass is 16.3. The molecule has 2 aromatic heterocycles. The smallest absolute Gasteiger partial charge is 0.125 e. The van der Waals surface area contributed by atoms with Crippen LogP contribution in [0.5, 0.6) is 0 Å². The Labute approximate surface area is 88.9 Å². The molecule has 0 saturated carbocycles. The van der Waals surface area contributed by atoms with E-state index in [9.17, 15) is 0 Å². The number of aromatic nitrogens is 1. The maximum absolute atomic E-state index is 6.05. The van der Waals surface area contributed by atoms with Gasteiger partial charge in [0.25, 0.3) is 0 Å². The molecule has 0 aliphatic heterocycles. The van der Waals surface area contributed by atoms with Gasteiger partial charge >= 0.3 is 0 Å². The maximum atomic E-state index is 6.05. The molecule has 0 bridgehead atoms. The predicted octanol–water partition coefficient (Wildman–Crippen LogP) is 2.34. The van der Waals surface area contributed by atoms with Gasteiger partial charge in [0.15, 0.2) is 0 Å². The lowest BCUT2D eigenvalue weighted by molar-refractivity contribution is 0.466. The summed E-state index contributed by atoms with van der Waals surface area (Å²) in [6.07, 6.45) is 1.79. The van der Waals surface area contributed by atoms with Gasteiger partial charge in [0.1, 0.15) is 11.5 Å². The SMILES string of the molecule is Cc1ccc(C(N)c2ccc(C)o2)cn1. The van der Waals surface area contributed by atoms with Gasteiger partial charge in [0, 0.05) is 11.9 Å². The molecule has 0 aromatic carbocycles. The molecular formula is C12H14N2O. The lowest BCUT2D eigenvalue weighted by atomic mass is 10.1. The number of nitrogens with two attached hydrogens (primary N) is 1. The van der Waals surface area contributed by atoms with Crippen LogP contribution in [0.25, 0.3) is 0 Å². The molecular weight excluding hydrogens is 188 g/mol. The van der Waals surface area contributed by atoms with Crippen molar-refractivity contribution in [1.82, 2.24) is 4.98 Å². The van der Waals surface area contributed by atoms with E-state index in [1.807, 2.05) is 38.1 Å². The summed E-state index contributed by atoms with van der Waals surface area (Å²) in [5.41, 5.74) is 8.00. The third-order valence-corrected chi connectivity index (χ3v) is 2.36. The van der Waals surface area contributed by atoms with Crippen molar-refractivity contribution in [3.63, 3.8) is 0 Å². The molecule has 2 rings (SSSR count). The summed E-state index contributed by atoms with van der Waals surface area (Å²) in [4.78, 5) is 4.21. The normalized spacial score (nSPS) is 12.7. The van der Waals surface area contributed by atoms with Gasteiger partial charge < -0.3 is 10.2 Å². The van der Waals surface area contributed by atoms with E-state index < -0.39 is 0 Å². The number of hydrogen-bond acceptors (Lipinski definition) is 3. The second-order valence-corrected chi connectivity index (χ2v) is 3.66. The first kappa shape index (κ1) is 9.93. The molecule has 0 amide bonds. The first-order valence-electron chi connectivity index (χ1n) is 4.91. The topological polar surface area (TPSA) is 52.0 Å². The van der Waals surface area contributed by atoms with Crippen LogP contribution in [0, 0.1) is 13.8 Å². The van der Waals surface area contributed by atoms with Crippen LogP contribution >= 0.6 is 0 Å². The van der Waals surface area contributed by atoms with Gasteiger partial charge in [-0.05, 0) is 37.6 Å². The van der Waals surface area contributed by atoms with E-state index in [0.29, 0.717) is 0 Å². The van der Waals surface area contributed by atoms with Crippen molar-refractivity contribution in [2.75, 3.05) is 0 Å². The van der Waals surface area contributed by atoms with Crippen LogP contribution in [0.1, 0.15) is 28.8 Å². The number of hydrogen-bond donors (Lipinski definition) is 1. The second kappa shape index (κ2) is 3.87. The lowest BCUT2D eigenvalue weighted by Gasteiger charge is -2.08. The van der Waals surface area contributed by atoms with Crippen molar-refractivity contribution in [1.29, 1.82) is 0 Å². The zero-order valence-electron chi connectivity index (χ0n) is 8.90. The van der Waals surface area contributed by atoms with Crippen LogP contribution in [0.3, 0.4) is 0 Å². The molecule has 1 unspecified atom stereocenters. The maximum Gasteiger partial charge on any atom is 0.125 e. The summed E-state index contributed by atoms with van der Waals surface area (Å²) >= 11 is 0. The van der Waals surface area contributed by atoms with Gasteiger partial charge in [0.2, 0.25) is 0 Å². The van der Waals surface area contributed by atoms with Gasteiger partial charge in [-0.3, -0.25) is 4.98 Å². The van der Waals surface area contributed by atoms with E-state index in [-0.39, 0.29) is 6.04 Å². The van der Waals surface area contributed by atoms with Crippen LogP contribution in [0.4, 0.5) is 0 Å². The van der Waals surface area contributed by atoms with E-state index in [1.165, 1.54) is 0 Å². The summed E-state index contributed by atoms with van der Waals surface area (Å²) in [6, 6.07) is 7.51. The molecule has 78 valence electrons. The summed E-state index contributed by atoms with van der Waals surface area (Å²) in [5.74, 6) is 1.65. The fraction of sp³-hybridized carbons (Fsp3) is 0.250. The van der Waals surface area contributed by atoms with Gasteiger partial charge in [0.05, 0.1) is 6.04 Å². The van der Waals surface area contributed by atoms with E-state index >= 15 is 0 Å². The average Bonchev–Trinajstić information content (AvgIpc) is 2.65. The minimum absolute atomic E-state index is 0.230. The quantitative estimate of drug-likeness (QED) is 0.813. The molecule has 2 N–H and O–H groups in total. The standard InChI is InChI=1S/C12H14N2O/c1-8-3-5-10(7-14-8)12(13)11-6-4-9(2)15-11/h3-7,12H,13H2,1-2H3. The molecule has 0 fully saturated rings. The van der Waals surface area contributed by atoms with Gasteiger partial charge in [-0.1, -0.05) is 6.07 Å². The Hall–Kier alpha value is -1.61. The Balaban J connectivity index is 2.28. The average molecular weight is 202 g/mol. The minimum atomic E-state index is -0.230. The molecule has 3 heteroatoms. The van der Waals surface area contributed by atoms with Gasteiger partial charge in [-0.25, -0.2) is 0 Å². The van der Waals surface area contributed by atoms with E-state index in [0.717, 1.165) is 22.8 Å². The number of pyridine rings is 1. The van der Waals surface area contributed by atoms with E-state index in [4.69, 9.17) is 10.2 Å². The van der Waals surface area contributed by atoms with Crippen LogP contribution < -0.4 is 5.73 Å². The second-order valence-electron chi connectivity index (χ2n) is 3.66. The minimum Gasteiger partial charge on any atom is -0.464 e. The van der Waals surface area contributed by atoms with Crippen molar-refractivity contribution in [2.45, 2.75) is 19.9 Å². The highest BCUT2D eigenvalue weighted by Gasteiger charge is 2.12. The Morgan fingerprint density at radius 2 is 2.00 bits per heavy atom.